The molecule has 300 valence electrons. The molecule has 57 heavy (non-hydrogen) atoms. The van der Waals surface area contributed by atoms with Gasteiger partial charge in [-0.3, -0.25) is 19.3 Å². The van der Waals surface area contributed by atoms with E-state index in [9.17, 15) is 36.3 Å². The van der Waals surface area contributed by atoms with Crippen LogP contribution in [0, 0.1) is 11.6 Å². The zero-order valence-electron chi connectivity index (χ0n) is 32.2. The van der Waals surface area contributed by atoms with Crippen molar-refractivity contribution in [3.8, 4) is 11.1 Å². The summed E-state index contributed by atoms with van der Waals surface area (Å²) in [5.41, 5.74) is 0.348. The molecule has 9 nitrogen and oxygen atoms in total. The Hall–Kier alpha value is -5.50. The number of carbonyl (C=O) groups excluding carboxylic acids is 2. The molecule has 1 amide bonds. The molecule has 14 heteroatoms. The smallest absolute Gasteiger partial charge is 0.416 e. The van der Waals surface area contributed by atoms with E-state index < -0.39 is 34.5 Å². The number of hydrogen-bond donors (Lipinski definition) is 0. The molecule has 0 atom stereocenters. The highest BCUT2D eigenvalue weighted by Gasteiger charge is 2.40. The molecule has 1 saturated heterocycles. The summed E-state index contributed by atoms with van der Waals surface area (Å²) in [7, 11) is 0. The average molecular weight is 790 g/mol. The average Bonchev–Trinajstić information content (AvgIpc) is 3.17. The number of rotatable bonds is 12. The summed E-state index contributed by atoms with van der Waals surface area (Å²) in [6, 6.07) is 18.3. The topological polar surface area (TPSA) is 97.6 Å². The largest absolute Gasteiger partial charge is 0.462 e. The molecule has 3 heterocycles. The standard InChI is InChI=1S/C43H44F5N5O4/c1-27(2)57-41(56)42(3,4)51-22-19-34(20-23-51)52(25-28-7-9-29(10-8-28)30-11-15-32(16-12-30)43(46,47)48)38(54)26-53-37(18-14-31-13-17-33(44)24-36(31)45)50-40(55)35-6-5-21-49-39(35)53/h5-13,15-17,21,24,27,34H,14,18-20,22-23,25-26H2,1-4H3. The van der Waals surface area contributed by atoms with Crippen molar-refractivity contribution >= 4 is 22.9 Å². The van der Waals surface area contributed by atoms with E-state index in [1.54, 1.807) is 47.6 Å². The maximum absolute atomic E-state index is 14.7. The van der Waals surface area contributed by atoms with Crippen LogP contribution in [0.5, 0.6) is 0 Å². The van der Waals surface area contributed by atoms with Gasteiger partial charge in [0.1, 0.15) is 35.2 Å². The van der Waals surface area contributed by atoms with Crippen LogP contribution >= 0.6 is 0 Å². The van der Waals surface area contributed by atoms with Crippen molar-refractivity contribution in [2.75, 3.05) is 13.1 Å². The number of halogens is 5. The maximum Gasteiger partial charge on any atom is 0.416 e. The van der Waals surface area contributed by atoms with Gasteiger partial charge in [-0.05, 0) is 99.5 Å². The number of aromatic nitrogens is 3. The number of aryl methyl sites for hydroxylation is 2. The maximum atomic E-state index is 14.7. The van der Waals surface area contributed by atoms with E-state index >= 15 is 0 Å². The van der Waals surface area contributed by atoms with E-state index in [4.69, 9.17) is 4.74 Å². The summed E-state index contributed by atoms with van der Waals surface area (Å²) < 4.78 is 74.8. The number of alkyl halides is 3. The zero-order chi connectivity index (χ0) is 41.1. The number of nitrogens with zero attached hydrogens (tertiary/aromatic N) is 5. The van der Waals surface area contributed by atoms with Gasteiger partial charge in [-0.2, -0.15) is 18.2 Å². The van der Waals surface area contributed by atoms with Crippen molar-refractivity contribution in [2.24, 2.45) is 0 Å². The number of likely N-dealkylation sites (tertiary alicyclic amines) is 1. The molecule has 2 aromatic heterocycles. The lowest BCUT2D eigenvalue weighted by Gasteiger charge is -2.44. The number of ether oxygens (including phenoxy) is 1. The third-order valence-electron chi connectivity index (χ3n) is 10.5. The van der Waals surface area contributed by atoms with Crippen LogP contribution in [0.2, 0.25) is 0 Å². The van der Waals surface area contributed by atoms with Gasteiger partial charge in [-0.1, -0.05) is 42.5 Å². The van der Waals surface area contributed by atoms with E-state index in [1.165, 1.54) is 24.4 Å². The molecule has 5 aromatic rings. The molecule has 1 fully saturated rings. The van der Waals surface area contributed by atoms with Crippen molar-refractivity contribution < 1.29 is 36.3 Å². The van der Waals surface area contributed by atoms with Gasteiger partial charge in [-0.15, -0.1) is 0 Å². The highest BCUT2D eigenvalue weighted by Crippen LogP contribution is 2.32. The summed E-state index contributed by atoms with van der Waals surface area (Å²) in [6.45, 7) is 8.16. The fourth-order valence-electron chi connectivity index (χ4n) is 7.19. The fourth-order valence-corrected chi connectivity index (χ4v) is 7.19. The third-order valence-corrected chi connectivity index (χ3v) is 10.5. The SMILES string of the molecule is CC(C)OC(=O)C(C)(C)N1CCC(N(Cc2ccc(-c3ccc(C(F)(F)F)cc3)cc2)C(=O)Cn2c(CCc3ccc(F)cc3F)nc(=O)c3cccnc32)CC1. The second-order valence-electron chi connectivity index (χ2n) is 15.1. The van der Waals surface area contributed by atoms with Crippen LogP contribution in [0.1, 0.15) is 63.1 Å². The van der Waals surface area contributed by atoms with Gasteiger partial charge < -0.3 is 14.2 Å². The number of benzene rings is 3. The predicted molar refractivity (Wildman–Crippen MR) is 205 cm³/mol. The number of fused-ring (bicyclic) bond motifs is 1. The molecule has 0 aliphatic carbocycles. The van der Waals surface area contributed by atoms with Crippen molar-refractivity contribution in [3.63, 3.8) is 0 Å². The fraction of sp³-hybridized carbons (Fsp3) is 0.372. The predicted octanol–water partition coefficient (Wildman–Crippen LogP) is 7.76. The van der Waals surface area contributed by atoms with Gasteiger partial charge in [0.25, 0.3) is 5.56 Å². The van der Waals surface area contributed by atoms with E-state index in [0.717, 1.165) is 29.8 Å². The Morgan fingerprint density at radius 2 is 1.56 bits per heavy atom. The van der Waals surface area contributed by atoms with Crippen LogP contribution < -0.4 is 5.56 Å². The second-order valence-corrected chi connectivity index (χ2v) is 15.1. The number of esters is 1. The minimum absolute atomic E-state index is 0.0585. The highest BCUT2D eigenvalue weighted by molar-refractivity contribution is 5.81. The first-order valence-electron chi connectivity index (χ1n) is 18.8. The normalized spacial score (nSPS) is 14.3. The number of piperidine rings is 1. The summed E-state index contributed by atoms with van der Waals surface area (Å²) in [6.07, 6.45) is -2.02. The Morgan fingerprint density at radius 3 is 2.18 bits per heavy atom. The molecule has 0 N–H and O–H groups in total. The van der Waals surface area contributed by atoms with Crippen LogP contribution in [-0.4, -0.2) is 67.0 Å². The van der Waals surface area contributed by atoms with Gasteiger partial charge in [0.05, 0.1) is 17.1 Å². The quantitative estimate of drug-likeness (QED) is 0.0942. The first kappa shape index (κ1) is 41.1. The van der Waals surface area contributed by atoms with E-state index in [1.807, 2.05) is 30.9 Å². The molecule has 1 aliphatic rings. The molecule has 3 aromatic carbocycles. The van der Waals surface area contributed by atoms with Gasteiger partial charge in [0, 0.05) is 44.4 Å². The summed E-state index contributed by atoms with van der Waals surface area (Å²) >= 11 is 0. The Kier molecular flexibility index (Phi) is 12.2. The third kappa shape index (κ3) is 9.55. The van der Waals surface area contributed by atoms with Gasteiger partial charge in [0.15, 0.2) is 0 Å². The first-order valence-corrected chi connectivity index (χ1v) is 18.8. The van der Waals surface area contributed by atoms with Crippen molar-refractivity contribution in [2.45, 2.75) is 90.3 Å². The van der Waals surface area contributed by atoms with Crippen LogP contribution in [0.3, 0.4) is 0 Å². The van der Waals surface area contributed by atoms with Crippen molar-refractivity contribution in [3.05, 3.63) is 130 Å². The Labute approximate surface area is 327 Å². The summed E-state index contributed by atoms with van der Waals surface area (Å²) in [5, 5.41) is 0.205. The second kappa shape index (κ2) is 16.9. The molecule has 0 saturated carbocycles. The Bertz CT molecular complexity index is 2280. The number of carbonyl (C=O) groups is 2. The monoisotopic (exact) mass is 789 g/mol. The lowest BCUT2D eigenvalue weighted by atomic mass is 9.95. The molecule has 0 radical (unpaired) electrons. The molecular weight excluding hydrogens is 745 g/mol. The van der Waals surface area contributed by atoms with Gasteiger partial charge in [0.2, 0.25) is 5.91 Å². The van der Waals surface area contributed by atoms with Gasteiger partial charge >= 0.3 is 12.1 Å². The lowest BCUT2D eigenvalue weighted by molar-refractivity contribution is -0.162. The first-order chi connectivity index (χ1) is 27.0. The summed E-state index contributed by atoms with van der Waals surface area (Å²) in [5.74, 6) is -1.88. The minimum atomic E-state index is -4.45. The molecule has 0 unspecified atom stereocenters. The Morgan fingerprint density at radius 1 is 0.912 bits per heavy atom. The van der Waals surface area contributed by atoms with Crippen molar-refractivity contribution in [1.29, 1.82) is 0 Å². The molecule has 0 bridgehead atoms. The van der Waals surface area contributed by atoms with E-state index in [0.29, 0.717) is 37.1 Å². The van der Waals surface area contributed by atoms with Crippen LogP contribution in [0.25, 0.3) is 22.2 Å². The lowest BCUT2D eigenvalue weighted by Crippen LogP contribution is -2.57. The van der Waals surface area contributed by atoms with Crippen LogP contribution in [0.4, 0.5) is 22.0 Å². The highest BCUT2D eigenvalue weighted by atomic mass is 19.4. The van der Waals surface area contributed by atoms with E-state index in [-0.39, 0.29) is 72.4 Å². The number of amides is 1. The molecular formula is C43H44F5N5O4. The van der Waals surface area contributed by atoms with Crippen LogP contribution in [-0.2, 0) is 46.4 Å². The van der Waals surface area contributed by atoms with Crippen LogP contribution in [0.15, 0.2) is 89.9 Å². The number of hydrogen-bond acceptors (Lipinski definition) is 7. The van der Waals surface area contributed by atoms with Crippen molar-refractivity contribution in [1.82, 2.24) is 24.3 Å². The van der Waals surface area contributed by atoms with Gasteiger partial charge in [-0.25, -0.2) is 13.8 Å². The Balaban J connectivity index is 1.30. The molecule has 1 aliphatic heterocycles. The number of pyridine rings is 1. The molecule has 0 spiro atoms. The van der Waals surface area contributed by atoms with E-state index in [2.05, 4.69) is 9.97 Å². The zero-order valence-corrected chi connectivity index (χ0v) is 32.2. The summed E-state index contributed by atoms with van der Waals surface area (Å²) in [4.78, 5) is 53.3. The molecule has 6 rings (SSSR count). The minimum Gasteiger partial charge on any atom is -0.462 e.